The summed E-state index contributed by atoms with van der Waals surface area (Å²) >= 11 is 11.9. The summed E-state index contributed by atoms with van der Waals surface area (Å²) in [6, 6.07) is 10.2. The summed E-state index contributed by atoms with van der Waals surface area (Å²) in [5.41, 5.74) is 0.947. The Balaban J connectivity index is 1.44. The van der Waals surface area contributed by atoms with Gasteiger partial charge < -0.3 is 15.5 Å². The molecule has 0 saturated carbocycles. The fraction of sp³-hybridized carbons (Fsp3) is 0.300. The molecule has 3 amide bonds. The molecule has 1 saturated heterocycles. The Morgan fingerprint density at radius 1 is 1.07 bits per heavy atom. The van der Waals surface area contributed by atoms with Crippen molar-refractivity contribution in [1.82, 2.24) is 10.2 Å². The third-order valence-corrected chi connectivity index (χ3v) is 5.27. The zero-order valence-corrected chi connectivity index (χ0v) is 16.6. The third-order valence-electron chi connectivity index (χ3n) is 4.72. The normalized spacial score (nSPS) is 14.6. The molecule has 0 aromatic heterocycles. The van der Waals surface area contributed by atoms with Crippen LogP contribution in [0.25, 0.3) is 0 Å². The van der Waals surface area contributed by atoms with E-state index in [1.807, 2.05) is 0 Å². The van der Waals surface area contributed by atoms with Gasteiger partial charge in [-0.05, 0) is 61.2 Å². The zero-order chi connectivity index (χ0) is 20.1. The van der Waals surface area contributed by atoms with Crippen molar-refractivity contribution in [1.29, 1.82) is 0 Å². The number of hydrogen-bond donors (Lipinski definition) is 2. The highest BCUT2D eigenvalue weighted by atomic mass is 35.5. The number of nitrogens with zero attached hydrogens (tertiary/aromatic N) is 1. The average molecular weight is 424 g/mol. The van der Waals surface area contributed by atoms with Gasteiger partial charge in [-0.15, -0.1) is 0 Å². The first-order valence-corrected chi connectivity index (χ1v) is 9.72. The van der Waals surface area contributed by atoms with Gasteiger partial charge in [0.15, 0.2) is 0 Å². The number of hydrogen-bond acceptors (Lipinski definition) is 2. The molecule has 1 aliphatic rings. The first-order valence-electron chi connectivity index (χ1n) is 8.97. The van der Waals surface area contributed by atoms with Crippen molar-refractivity contribution in [3.05, 3.63) is 63.9 Å². The van der Waals surface area contributed by atoms with Gasteiger partial charge in [0.05, 0.1) is 10.6 Å². The van der Waals surface area contributed by atoms with E-state index < -0.39 is 0 Å². The highest BCUT2D eigenvalue weighted by Gasteiger charge is 2.23. The predicted molar refractivity (Wildman–Crippen MR) is 109 cm³/mol. The molecule has 0 unspecified atom stereocenters. The number of urea groups is 1. The number of anilines is 1. The van der Waals surface area contributed by atoms with Crippen LogP contribution in [0.5, 0.6) is 0 Å². The zero-order valence-electron chi connectivity index (χ0n) is 15.1. The number of carbonyl (C=O) groups is 2. The van der Waals surface area contributed by atoms with Crippen LogP contribution in [-0.4, -0.2) is 36.5 Å². The molecule has 0 spiro atoms. The van der Waals surface area contributed by atoms with Crippen molar-refractivity contribution >= 4 is 40.8 Å². The van der Waals surface area contributed by atoms with Gasteiger partial charge in [-0.2, -0.15) is 0 Å². The summed E-state index contributed by atoms with van der Waals surface area (Å²) in [6.07, 6.45) is 1.57. The average Bonchev–Trinajstić information content (AvgIpc) is 2.68. The molecule has 0 aliphatic carbocycles. The number of carbonyl (C=O) groups excluding carboxylic acids is 2. The third kappa shape index (κ3) is 5.36. The minimum Gasteiger partial charge on any atom is -0.352 e. The van der Waals surface area contributed by atoms with Crippen molar-refractivity contribution in [3.63, 3.8) is 0 Å². The summed E-state index contributed by atoms with van der Waals surface area (Å²) in [5, 5.41) is 6.45. The van der Waals surface area contributed by atoms with E-state index in [4.69, 9.17) is 23.2 Å². The summed E-state index contributed by atoms with van der Waals surface area (Å²) in [5.74, 6) is -0.302. The van der Waals surface area contributed by atoms with E-state index in [0.717, 1.165) is 12.8 Å². The summed E-state index contributed by atoms with van der Waals surface area (Å²) < 4.78 is 12.9. The van der Waals surface area contributed by atoms with Crippen molar-refractivity contribution in [3.8, 4) is 0 Å². The van der Waals surface area contributed by atoms with E-state index in [-0.39, 0.29) is 23.7 Å². The van der Waals surface area contributed by atoms with E-state index in [2.05, 4.69) is 10.6 Å². The van der Waals surface area contributed by atoms with Crippen molar-refractivity contribution in [2.45, 2.75) is 12.8 Å². The lowest BCUT2D eigenvalue weighted by Crippen LogP contribution is -2.43. The molecule has 1 heterocycles. The summed E-state index contributed by atoms with van der Waals surface area (Å²) in [6.45, 7) is 1.70. The molecular weight excluding hydrogens is 404 g/mol. The smallest absolute Gasteiger partial charge is 0.321 e. The van der Waals surface area contributed by atoms with Crippen LogP contribution in [0.1, 0.15) is 23.2 Å². The van der Waals surface area contributed by atoms with E-state index in [0.29, 0.717) is 40.9 Å². The number of piperidine rings is 1. The molecule has 8 heteroatoms. The van der Waals surface area contributed by atoms with Crippen molar-refractivity contribution in [2.75, 3.05) is 25.0 Å². The fourth-order valence-electron chi connectivity index (χ4n) is 3.08. The highest BCUT2D eigenvalue weighted by molar-refractivity contribution is 6.36. The van der Waals surface area contributed by atoms with Crippen LogP contribution in [0.3, 0.4) is 0 Å². The minimum atomic E-state index is -0.347. The molecule has 28 heavy (non-hydrogen) atoms. The van der Waals surface area contributed by atoms with E-state index in [9.17, 15) is 14.0 Å². The Labute approximate surface area is 172 Å². The molecule has 0 bridgehead atoms. The van der Waals surface area contributed by atoms with Gasteiger partial charge in [0.2, 0.25) is 0 Å². The van der Waals surface area contributed by atoms with Crippen molar-refractivity contribution < 1.29 is 14.0 Å². The van der Waals surface area contributed by atoms with Gasteiger partial charge in [-0.1, -0.05) is 23.2 Å². The lowest BCUT2D eigenvalue weighted by Gasteiger charge is -2.32. The molecule has 3 rings (SSSR count). The van der Waals surface area contributed by atoms with E-state index in [1.54, 1.807) is 17.0 Å². The first-order chi connectivity index (χ1) is 13.4. The number of nitrogens with one attached hydrogen (secondary N) is 2. The Kier molecular flexibility index (Phi) is 6.75. The number of rotatable bonds is 4. The van der Waals surface area contributed by atoms with Gasteiger partial charge in [0.25, 0.3) is 5.91 Å². The summed E-state index contributed by atoms with van der Waals surface area (Å²) in [7, 11) is 0. The molecule has 2 aromatic rings. The second-order valence-electron chi connectivity index (χ2n) is 6.70. The minimum absolute atomic E-state index is 0.206. The van der Waals surface area contributed by atoms with Crippen LogP contribution >= 0.6 is 23.2 Å². The standard InChI is InChI=1S/C20H20Cl2FN3O2/c21-14-1-6-17(18(22)11-14)19(27)24-12-13-7-9-26(10-8-13)20(28)25-16-4-2-15(23)3-5-16/h1-6,11,13H,7-10,12H2,(H,24,27)(H,25,28). The first kappa shape index (κ1) is 20.4. The van der Waals surface area contributed by atoms with Gasteiger partial charge >= 0.3 is 6.03 Å². The van der Waals surface area contributed by atoms with Gasteiger partial charge in [0.1, 0.15) is 5.82 Å². The van der Waals surface area contributed by atoms with E-state index >= 15 is 0 Å². The molecule has 0 radical (unpaired) electrons. The Bertz CT molecular complexity index is 853. The topological polar surface area (TPSA) is 61.4 Å². The Morgan fingerprint density at radius 2 is 1.75 bits per heavy atom. The predicted octanol–water partition coefficient (Wildman–Crippen LogP) is 4.81. The maximum Gasteiger partial charge on any atom is 0.321 e. The second-order valence-corrected chi connectivity index (χ2v) is 7.55. The van der Waals surface area contributed by atoms with Gasteiger partial charge in [0, 0.05) is 30.3 Å². The van der Waals surface area contributed by atoms with Crippen LogP contribution in [0.2, 0.25) is 10.0 Å². The Hall–Kier alpha value is -2.31. The maximum absolute atomic E-state index is 12.9. The van der Waals surface area contributed by atoms with Gasteiger partial charge in [-0.3, -0.25) is 4.79 Å². The van der Waals surface area contributed by atoms with Crippen LogP contribution in [0.4, 0.5) is 14.9 Å². The highest BCUT2D eigenvalue weighted by Crippen LogP contribution is 2.22. The lowest BCUT2D eigenvalue weighted by molar-refractivity contribution is 0.0939. The van der Waals surface area contributed by atoms with Crippen LogP contribution in [0, 0.1) is 11.7 Å². The molecule has 5 nitrogen and oxygen atoms in total. The molecule has 1 fully saturated rings. The summed E-state index contributed by atoms with van der Waals surface area (Å²) in [4.78, 5) is 26.3. The molecule has 148 valence electrons. The lowest BCUT2D eigenvalue weighted by atomic mass is 9.97. The van der Waals surface area contributed by atoms with Crippen LogP contribution < -0.4 is 10.6 Å². The molecule has 2 N–H and O–H groups in total. The Morgan fingerprint density at radius 3 is 2.39 bits per heavy atom. The number of benzene rings is 2. The largest absolute Gasteiger partial charge is 0.352 e. The van der Waals surface area contributed by atoms with Crippen LogP contribution in [0.15, 0.2) is 42.5 Å². The molecule has 2 aromatic carbocycles. The number of likely N-dealkylation sites (tertiary alicyclic amines) is 1. The molecule has 0 atom stereocenters. The fourth-order valence-corrected chi connectivity index (χ4v) is 3.58. The van der Waals surface area contributed by atoms with E-state index in [1.165, 1.54) is 30.3 Å². The monoisotopic (exact) mass is 423 g/mol. The van der Waals surface area contributed by atoms with Crippen molar-refractivity contribution in [2.24, 2.45) is 5.92 Å². The molecule has 1 aliphatic heterocycles. The van der Waals surface area contributed by atoms with Crippen LogP contribution in [-0.2, 0) is 0 Å². The van der Waals surface area contributed by atoms with Gasteiger partial charge in [-0.25, -0.2) is 9.18 Å². The quantitative estimate of drug-likeness (QED) is 0.741. The maximum atomic E-state index is 12.9. The second kappa shape index (κ2) is 9.26. The number of halogens is 3. The molecular formula is C20H20Cl2FN3O2. The SMILES string of the molecule is O=C(NCC1CCN(C(=O)Nc2ccc(F)cc2)CC1)c1ccc(Cl)cc1Cl. The number of amides is 3.